The minimum absolute atomic E-state index is 0.109. The van der Waals surface area contributed by atoms with Gasteiger partial charge in [0.1, 0.15) is 11.9 Å². The van der Waals surface area contributed by atoms with Crippen molar-refractivity contribution in [1.82, 2.24) is 0 Å². The average molecular weight is 210 g/mol. The normalized spacial score (nSPS) is 32.9. The van der Waals surface area contributed by atoms with E-state index < -0.39 is 18.3 Å². The van der Waals surface area contributed by atoms with Crippen LogP contribution in [0.2, 0.25) is 0 Å². The predicted octanol–water partition coefficient (Wildman–Crippen LogP) is 2.43. The third kappa shape index (κ3) is 1.30. The van der Waals surface area contributed by atoms with Crippen LogP contribution in [0.25, 0.3) is 0 Å². The second-order valence-electron chi connectivity index (χ2n) is 2.97. The van der Waals surface area contributed by atoms with Gasteiger partial charge in [0.05, 0.1) is 0 Å². The van der Waals surface area contributed by atoms with Gasteiger partial charge in [0, 0.05) is 0 Å². The zero-order valence-electron chi connectivity index (χ0n) is 6.84. The average Bonchev–Trinajstić information content (AvgIpc) is 2.05. The van der Waals surface area contributed by atoms with Crippen LogP contribution in [0.4, 0.5) is 17.6 Å². The van der Waals surface area contributed by atoms with Crippen LogP contribution in [-0.4, -0.2) is 18.3 Å². The summed E-state index contributed by atoms with van der Waals surface area (Å²) in [6.45, 7) is 0. The number of allylic oxidation sites excluding steroid dienone is 2. The Morgan fingerprint density at radius 2 is 1.93 bits per heavy atom. The number of alkyl halides is 4. The molecule has 0 amide bonds. The fraction of sp³-hybridized carbons (Fsp3) is 0.500. The Morgan fingerprint density at radius 3 is 2.64 bits per heavy atom. The molecule has 0 aromatic carbocycles. The van der Waals surface area contributed by atoms with E-state index in [9.17, 15) is 17.6 Å². The van der Waals surface area contributed by atoms with Crippen LogP contribution in [0.1, 0.15) is 6.42 Å². The van der Waals surface area contributed by atoms with Gasteiger partial charge in [0.2, 0.25) is 0 Å². The summed E-state index contributed by atoms with van der Waals surface area (Å²) < 4.78 is 58.3. The lowest BCUT2D eigenvalue weighted by Crippen LogP contribution is -2.52. The van der Waals surface area contributed by atoms with Gasteiger partial charge in [-0.15, -0.1) is 0 Å². The molecule has 0 aromatic rings. The molecule has 0 N–H and O–H groups in total. The molecule has 0 saturated carbocycles. The molecule has 2 nitrogen and oxygen atoms in total. The Hall–Kier alpha value is -1.04. The van der Waals surface area contributed by atoms with Crippen LogP contribution in [-0.2, 0) is 9.47 Å². The van der Waals surface area contributed by atoms with E-state index in [0.29, 0.717) is 0 Å². The molecule has 0 bridgehead atoms. The second-order valence-corrected chi connectivity index (χ2v) is 2.97. The van der Waals surface area contributed by atoms with E-state index in [1.54, 1.807) is 0 Å². The molecule has 1 unspecified atom stereocenters. The topological polar surface area (TPSA) is 18.5 Å². The maximum absolute atomic E-state index is 12.6. The van der Waals surface area contributed by atoms with Gasteiger partial charge in [-0.05, 0) is 12.5 Å². The fourth-order valence-corrected chi connectivity index (χ4v) is 1.25. The Bertz CT molecular complexity index is 308. The van der Waals surface area contributed by atoms with Crippen molar-refractivity contribution in [2.24, 2.45) is 0 Å². The summed E-state index contributed by atoms with van der Waals surface area (Å²) in [5.74, 6) is -0.261. The lowest BCUT2D eigenvalue weighted by Gasteiger charge is -2.37. The van der Waals surface area contributed by atoms with Crippen molar-refractivity contribution in [2.45, 2.75) is 24.7 Å². The fourth-order valence-electron chi connectivity index (χ4n) is 1.25. The first-order valence-electron chi connectivity index (χ1n) is 3.91. The van der Waals surface area contributed by atoms with E-state index in [1.807, 2.05) is 0 Å². The number of ether oxygens (including phenoxy) is 2. The van der Waals surface area contributed by atoms with Gasteiger partial charge in [-0.1, -0.05) is 12.2 Å². The third-order valence-corrected chi connectivity index (χ3v) is 1.94. The van der Waals surface area contributed by atoms with Crippen LogP contribution < -0.4 is 0 Å². The third-order valence-electron chi connectivity index (χ3n) is 1.94. The Morgan fingerprint density at radius 1 is 1.21 bits per heavy atom. The van der Waals surface area contributed by atoms with Gasteiger partial charge < -0.3 is 9.47 Å². The largest absolute Gasteiger partial charge is 0.493 e. The smallest absolute Gasteiger partial charge is 0.428 e. The van der Waals surface area contributed by atoms with E-state index in [1.165, 1.54) is 18.2 Å². The van der Waals surface area contributed by atoms with Gasteiger partial charge in [-0.3, -0.25) is 0 Å². The summed E-state index contributed by atoms with van der Waals surface area (Å²) in [5.41, 5.74) is 0. The highest BCUT2D eigenvalue weighted by Crippen LogP contribution is 2.45. The summed E-state index contributed by atoms with van der Waals surface area (Å²) in [6.07, 6.45) is -5.99. The monoisotopic (exact) mass is 210 g/mol. The first-order chi connectivity index (χ1) is 6.42. The van der Waals surface area contributed by atoms with Crippen molar-refractivity contribution in [3.8, 4) is 0 Å². The van der Waals surface area contributed by atoms with Crippen molar-refractivity contribution in [3.63, 3.8) is 0 Å². The van der Waals surface area contributed by atoms with Crippen LogP contribution in [0.15, 0.2) is 24.0 Å². The molecule has 1 fully saturated rings. The van der Waals surface area contributed by atoms with Crippen LogP contribution in [0.3, 0.4) is 0 Å². The maximum atomic E-state index is 12.6. The second kappa shape index (κ2) is 2.73. The van der Waals surface area contributed by atoms with Crippen LogP contribution in [0.5, 0.6) is 0 Å². The molecule has 0 radical (unpaired) electrons. The van der Waals surface area contributed by atoms with Crippen molar-refractivity contribution < 1.29 is 27.0 Å². The Labute approximate surface area is 76.8 Å². The van der Waals surface area contributed by atoms with E-state index in [2.05, 4.69) is 9.47 Å². The Kier molecular flexibility index (Phi) is 1.85. The number of hydrogen-bond acceptors (Lipinski definition) is 2. The molecule has 1 atom stereocenters. The molecule has 78 valence electrons. The molecule has 2 aliphatic rings. The molecule has 0 aromatic heterocycles. The molecule has 2 rings (SSSR count). The van der Waals surface area contributed by atoms with Gasteiger partial charge in [-0.25, -0.2) is 0 Å². The molecule has 1 heterocycles. The predicted molar refractivity (Wildman–Crippen MR) is 37.7 cm³/mol. The van der Waals surface area contributed by atoms with E-state index in [0.717, 1.165) is 0 Å². The highest BCUT2D eigenvalue weighted by Gasteiger charge is 2.66. The molecular weight excluding hydrogens is 204 g/mol. The molecule has 0 spiro atoms. The molecule has 1 saturated heterocycles. The SMILES string of the molecule is FC1(F)OC2=CC=CCC2OC1(F)F. The van der Waals surface area contributed by atoms with Gasteiger partial charge in [-0.2, -0.15) is 17.6 Å². The zero-order chi connectivity index (χ0) is 10.4. The van der Waals surface area contributed by atoms with Gasteiger partial charge >= 0.3 is 12.2 Å². The highest BCUT2D eigenvalue weighted by atomic mass is 19.3. The van der Waals surface area contributed by atoms with Crippen molar-refractivity contribution in [3.05, 3.63) is 24.0 Å². The molecular formula is C8H6F4O2. The first-order valence-corrected chi connectivity index (χ1v) is 3.91. The number of hydrogen-bond donors (Lipinski definition) is 0. The van der Waals surface area contributed by atoms with E-state index in [4.69, 9.17) is 0 Å². The molecule has 1 aliphatic carbocycles. The van der Waals surface area contributed by atoms with Crippen molar-refractivity contribution in [2.75, 3.05) is 0 Å². The lowest BCUT2D eigenvalue weighted by atomic mass is 10.1. The lowest BCUT2D eigenvalue weighted by molar-refractivity contribution is -0.456. The van der Waals surface area contributed by atoms with Crippen LogP contribution >= 0.6 is 0 Å². The van der Waals surface area contributed by atoms with Crippen molar-refractivity contribution in [1.29, 1.82) is 0 Å². The van der Waals surface area contributed by atoms with Crippen LogP contribution in [0, 0.1) is 0 Å². The highest BCUT2D eigenvalue weighted by molar-refractivity contribution is 5.19. The standard InChI is InChI=1S/C8H6F4O2/c9-7(10)8(11,12)14-6-4-2-1-3-5(6)13-7/h1-3,6H,4H2. The number of fused-ring (bicyclic) bond motifs is 1. The summed E-state index contributed by atoms with van der Waals surface area (Å²) in [7, 11) is 0. The summed E-state index contributed by atoms with van der Waals surface area (Å²) in [5, 5.41) is 0. The maximum Gasteiger partial charge on any atom is 0.493 e. The molecule has 14 heavy (non-hydrogen) atoms. The van der Waals surface area contributed by atoms with E-state index in [-0.39, 0.29) is 12.2 Å². The van der Waals surface area contributed by atoms with Gasteiger partial charge in [0.15, 0.2) is 0 Å². The zero-order valence-corrected chi connectivity index (χ0v) is 6.84. The van der Waals surface area contributed by atoms with Crippen molar-refractivity contribution >= 4 is 0 Å². The van der Waals surface area contributed by atoms with E-state index >= 15 is 0 Å². The summed E-state index contributed by atoms with van der Waals surface area (Å²) in [6, 6.07) is 0. The van der Waals surface area contributed by atoms with Gasteiger partial charge in [0.25, 0.3) is 0 Å². The Balaban J connectivity index is 2.28. The first kappa shape index (κ1) is 9.51. The summed E-state index contributed by atoms with van der Waals surface area (Å²) in [4.78, 5) is 0. The molecule has 6 heteroatoms. The quantitative estimate of drug-likeness (QED) is 0.571. The molecule has 1 aliphatic heterocycles. The minimum Gasteiger partial charge on any atom is -0.428 e. The number of rotatable bonds is 0. The minimum atomic E-state index is -4.60. The summed E-state index contributed by atoms with van der Waals surface area (Å²) >= 11 is 0. The number of halogens is 4.